The first kappa shape index (κ1) is 16.3. The van der Waals surface area contributed by atoms with E-state index in [2.05, 4.69) is 29.3 Å². The van der Waals surface area contributed by atoms with Gasteiger partial charge in [-0.3, -0.25) is 4.79 Å². The van der Waals surface area contributed by atoms with Crippen molar-refractivity contribution in [2.24, 2.45) is 5.41 Å². The maximum atomic E-state index is 12.1. The van der Waals surface area contributed by atoms with Crippen molar-refractivity contribution < 1.29 is 0 Å². The summed E-state index contributed by atoms with van der Waals surface area (Å²) in [6, 6.07) is 0. The van der Waals surface area contributed by atoms with Crippen LogP contribution >= 0.6 is 11.6 Å². The average Bonchev–Trinajstić information content (AvgIpc) is 2.47. The molecule has 0 unspecified atom stereocenters. The summed E-state index contributed by atoms with van der Waals surface area (Å²) in [5.74, 6) is 0. The van der Waals surface area contributed by atoms with Gasteiger partial charge in [0.25, 0.3) is 5.56 Å². The van der Waals surface area contributed by atoms with E-state index in [1.165, 1.54) is 4.68 Å². The number of nitrogens with zero attached hydrogens (tertiary/aromatic N) is 3. The fourth-order valence-corrected chi connectivity index (χ4v) is 2.82. The molecule has 5 nitrogen and oxygen atoms in total. The Morgan fingerprint density at radius 1 is 1.43 bits per heavy atom. The highest BCUT2D eigenvalue weighted by Gasteiger charge is 2.28. The molecule has 1 aromatic rings. The Morgan fingerprint density at radius 2 is 2.10 bits per heavy atom. The maximum absolute atomic E-state index is 12.1. The van der Waals surface area contributed by atoms with Crippen LogP contribution in [0.1, 0.15) is 33.1 Å². The monoisotopic (exact) mass is 312 g/mol. The number of likely N-dealkylation sites (tertiary alicyclic amines) is 1. The smallest absolute Gasteiger partial charge is 0.287 e. The number of nitrogens with one attached hydrogen (secondary N) is 1. The minimum absolute atomic E-state index is 0.211. The van der Waals surface area contributed by atoms with Crippen molar-refractivity contribution in [2.75, 3.05) is 32.0 Å². The Bertz CT molecular complexity index is 535. The zero-order valence-electron chi connectivity index (χ0n) is 13.2. The molecule has 2 rings (SSSR count). The van der Waals surface area contributed by atoms with E-state index in [0.717, 1.165) is 38.9 Å². The lowest BCUT2D eigenvalue weighted by atomic mass is 9.80. The summed E-state index contributed by atoms with van der Waals surface area (Å²) in [5, 5.41) is 7.74. The molecule has 1 aliphatic heterocycles. The Balaban J connectivity index is 2.03. The Kier molecular flexibility index (Phi) is 5.27. The molecule has 6 heteroatoms. The lowest BCUT2D eigenvalue weighted by molar-refractivity contribution is 0.150. The van der Waals surface area contributed by atoms with E-state index in [9.17, 15) is 4.79 Å². The average molecular weight is 313 g/mol. The lowest BCUT2D eigenvalue weighted by Crippen LogP contribution is -2.40. The molecule has 2 heterocycles. The third-order valence-corrected chi connectivity index (χ3v) is 4.69. The van der Waals surface area contributed by atoms with Crippen molar-refractivity contribution in [3.05, 3.63) is 21.6 Å². The van der Waals surface area contributed by atoms with Crippen molar-refractivity contribution in [1.82, 2.24) is 14.7 Å². The van der Waals surface area contributed by atoms with Crippen LogP contribution in [0.25, 0.3) is 0 Å². The van der Waals surface area contributed by atoms with Gasteiger partial charge in [0.05, 0.1) is 11.9 Å². The number of rotatable bonds is 5. The minimum Gasteiger partial charge on any atom is -0.382 e. The molecule has 1 aliphatic rings. The molecule has 0 spiro atoms. The SMILES string of the molecule is CCCn1ncc(NCC2(C)CCN(C)CC2)c(Cl)c1=O. The van der Waals surface area contributed by atoms with Crippen molar-refractivity contribution in [3.8, 4) is 0 Å². The highest BCUT2D eigenvalue weighted by atomic mass is 35.5. The van der Waals surface area contributed by atoms with Crippen molar-refractivity contribution in [3.63, 3.8) is 0 Å². The van der Waals surface area contributed by atoms with Crippen LogP contribution in [0.4, 0.5) is 5.69 Å². The van der Waals surface area contributed by atoms with Crippen LogP contribution in [0.2, 0.25) is 5.02 Å². The van der Waals surface area contributed by atoms with Crippen LogP contribution in [0.15, 0.2) is 11.0 Å². The fourth-order valence-electron chi connectivity index (χ4n) is 2.60. The van der Waals surface area contributed by atoms with Gasteiger partial charge in [0.1, 0.15) is 5.02 Å². The number of aromatic nitrogens is 2. The van der Waals surface area contributed by atoms with Gasteiger partial charge in [0.15, 0.2) is 0 Å². The zero-order valence-corrected chi connectivity index (χ0v) is 13.9. The first-order valence-electron chi connectivity index (χ1n) is 7.63. The highest BCUT2D eigenvalue weighted by molar-refractivity contribution is 6.32. The van der Waals surface area contributed by atoms with Crippen LogP contribution in [-0.2, 0) is 6.54 Å². The Hall–Kier alpha value is -1.07. The largest absolute Gasteiger partial charge is 0.382 e. The third-order valence-electron chi connectivity index (χ3n) is 4.32. The minimum atomic E-state index is -0.211. The van der Waals surface area contributed by atoms with Gasteiger partial charge in [-0.25, -0.2) is 4.68 Å². The molecule has 0 saturated carbocycles. The molecule has 0 amide bonds. The summed E-state index contributed by atoms with van der Waals surface area (Å²) in [7, 11) is 2.15. The first-order chi connectivity index (χ1) is 9.95. The Labute approximate surface area is 131 Å². The molecule has 0 aliphatic carbocycles. The van der Waals surface area contributed by atoms with Crippen LogP contribution in [0.5, 0.6) is 0 Å². The molecule has 0 aromatic carbocycles. The van der Waals surface area contributed by atoms with Crippen molar-refractivity contribution in [1.29, 1.82) is 0 Å². The molecule has 0 atom stereocenters. The number of anilines is 1. The number of hydrogen-bond acceptors (Lipinski definition) is 4. The van der Waals surface area contributed by atoms with Gasteiger partial charge in [0.2, 0.25) is 0 Å². The van der Waals surface area contributed by atoms with Gasteiger partial charge >= 0.3 is 0 Å². The molecule has 0 radical (unpaired) electrons. The first-order valence-corrected chi connectivity index (χ1v) is 8.01. The van der Waals surface area contributed by atoms with E-state index < -0.39 is 0 Å². The number of halogens is 1. The summed E-state index contributed by atoms with van der Waals surface area (Å²) in [6.07, 6.45) is 4.82. The summed E-state index contributed by atoms with van der Waals surface area (Å²) in [5.41, 5.74) is 0.680. The second-order valence-electron chi connectivity index (χ2n) is 6.37. The van der Waals surface area contributed by atoms with E-state index in [-0.39, 0.29) is 16.0 Å². The molecular formula is C15H25ClN4O. The predicted octanol–water partition coefficient (Wildman–Crippen LogP) is 2.45. The topological polar surface area (TPSA) is 50.2 Å². The summed E-state index contributed by atoms with van der Waals surface area (Å²) in [6.45, 7) is 7.94. The van der Waals surface area contributed by atoms with Crippen LogP contribution < -0.4 is 10.9 Å². The molecular weight excluding hydrogens is 288 g/mol. The van der Waals surface area contributed by atoms with Gasteiger partial charge in [0, 0.05) is 13.1 Å². The Morgan fingerprint density at radius 3 is 2.71 bits per heavy atom. The molecule has 1 fully saturated rings. The second kappa shape index (κ2) is 6.79. The molecule has 1 saturated heterocycles. The lowest BCUT2D eigenvalue weighted by Gasteiger charge is -2.38. The van der Waals surface area contributed by atoms with Crippen molar-refractivity contribution >= 4 is 17.3 Å². The second-order valence-corrected chi connectivity index (χ2v) is 6.75. The molecule has 1 aromatic heterocycles. The van der Waals surface area contributed by atoms with Gasteiger partial charge in [-0.15, -0.1) is 0 Å². The zero-order chi connectivity index (χ0) is 15.5. The maximum Gasteiger partial charge on any atom is 0.287 e. The highest BCUT2D eigenvalue weighted by Crippen LogP contribution is 2.31. The van der Waals surface area contributed by atoms with Crippen LogP contribution in [-0.4, -0.2) is 41.4 Å². The normalized spacial score (nSPS) is 18.7. The van der Waals surface area contributed by atoms with E-state index >= 15 is 0 Å². The summed E-state index contributed by atoms with van der Waals surface area (Å²) >= 11 is 6.18. The van der Waals surface area contributed by atoms with Gasteiger partial charge in [-0.2, -0.15) is 5.10 Å². The standard InChI is InChI=1S/C15H25ClN4O/c1-4-7-20-14(21)13(16)12(10-18-20)17-11-15(2)5-8-19(3)9-6-15/h10,17H,4-9,11H2,1-3H3. The molecule has 1 N–H and O–H groups in total. The van der Waals surface area contributed by atoms with Gasteiger partial charge in [-0.05, 0) is 44.8 Å². The number of piperidine rings is 1. The predicted molar refractivity (Wildman–Crippen MR) is 87.1 cm³/mol. The van der Waals surface area contributed by atoms with Crippen molar-refractivity contribution in [2.45, 2.75) is 39.7 Å². The van der Waals surface area contributed by atoms with E-state index in [1.54, 1.807) is 6.20 Å². The molecule has 118 valence electrons. The number of hydrogen-bond donors (Lipinski definition) is 1. The van der Waals surface area contributed by atoms with E-state index in [0.29, 0.717) is 12.2 Å². The summed E-state index contributed by atoms with van der Waals surface area (Å²) < 4.78 is 1.42. The third kappa shape index (κ3) is 3.98. The van der Waals surface area contributed by atoms with E-state index in [4.69, 9.17) is 11.6 Å². The van der Waals surface area contributed by atoms with Crippen LogP contribution in [0, 0.1) is 5.41 Å². The van der Waals surface area contributed by atoms with Gasteiger partial charge < -0.3 is 10.2 Å². The van der Waals surface area contributed by atoms with E-state index in [1.807, 2.05) is 6.92 Å². The quantitative estimate of drug-likeness (QED) is 0.907. The molecule has 0 bridgehead atoms. The van der Waals surface area contributed by atoms with Gasteiger partial charge in [-0.1, -0.05) is 25.4 Å². The fraction of sp³-hybridized carbons (Fsp3) is 0.733. The number of aryl methyl sites for hydroxylation is 1. The molecule has 21 heavy (non-hydrogen) atoms. The summed E-state index contributed by atoms with van der Waals surface area (Å²) in [4.78, 5) is 14.4. The van der Waals surface area contributed by atoms with Crippen LogP contribution in [0.3, 0.4) is 0 Å².